The van der Waals surface area contributed by atoms with E-state index < -0.39 is 28.5 Å². The first-order chi connectivity index (χ1) is 18.8. The molecule has 3 aromatic rings. The fourth-order valence-electron chi connectivity index (χ4n) is 4.12. The minimum Gasteiger partial charge on any atom is -0.497 e. The third kappa shape index (κ3) is 7.55. The molecule has 214 valence electrons. The smallest absolute Gasteiger partial charge is 0.264 e. The Bertz CT molecular complexity index is 1440. The monoisotopic (exact) mass is 585 g/mol. The van der Waals surface area contributed by atoms with Gasteiger partial charge in [-0.1, -0.05) is 47.5 Å². The van der Waals surface area contributed by atoms with Crippen LogP contribution in [0.2, 0.25) is 5.02 Å². The summed E-state index contributed by atoms with van der Waals surface area (Å²) in [6.45, 7) is 8.45. The number of nitrogens with zero attached hydrogens (tertiary/aromatic N) is 2. The second-order valence-corrected chi connectivity index (χ2v) is 12.3. The molecule has 0 fully saturated rings. The SMILES string of the molecule is COc1ccc(CN(C(=O)CN(c2cc(Cl)ccc2C)S(=O)(=O)c2ccc(C)cc2)[C@H](C)C(=O)NC(C)C)cc1. The normalized spacial score (nSPS) is 12.1. The van der Waals surface area contributed by atoms with Gasteiger partial charge in [0.1, 0.15) is 18.3 Å². The van der Waals surface area contributed by atoms with Gasteiger partial charge in [-0.3, -0.25) is 13.9 Å². The first-order valence-electron chi connectivity index (χ1n) is 12.9. The Hall–Kier alpha value is -3.56. The van der Waals surface area contributed by atoms with Crippen molar-refractivity contribution in [3.63, 3.8) is 0 Å². The summed E-state index contributed by atoms with van der Waals surface area (Å²) in [5.74, 6) is -0.236. The number of nitrogens with one attached hydrogen (secondary N) is 1. The average Bonchev–Trinajstić information content (AvgIpc) is 2.91. The molecule has 0 heterocycles. The van der Waals surface area contributed by atoms with Crippen LogP contribution in [0.1, 0.15) is 37.5 Å². The van der Waals surface area contributed by atoms with Gasteiger partial charge < -0.3 is 15.0 Å². The van der Waals surface area contributed by atoms with Gasteiger partial charge in [0.25, 0.3) is 10.0 Å². The highest BCUT2D eigenvalue weighted by atomic mass is 35.5. The van der Waals surface area contributed by atoms with Crippen LogP contribution < -0.4 is 14.4 Å². The molecule has 3 rings (SSSR count). The summed E-state index contributed by atoms with van der Waals surface area (Å²) in [6, 6.07) is 17.4. The number of aryl methyl sites for hydroxylation is 2. The van der Waals surface area contributed by atoms with Crippen molar-refractivity contribution in [1.29, 1.82) is 0 Å². The summed E-state index contributed by atoms with van der Waals surface area (Å²) in [7, 11) is -2.62. The summed E-state index contributed by atoms with van der Waals surface area (Å²) >= 11 is 6.27. The number of benzene rings is 3. The Kier molecular flexibility index (Phi) is 10.2. The molecule has 1 atom stereocenters. The second-order valence-electron chi connectivity index (χ2n) is 9.96. The van der Waals surface area contributed by atoms with Gasteiger partial charge in [-0.25, -0.2) is 8.42 Å². The topological polar surface area (TPSA) is 96.0 Å². The summed E-state index contributed by atoms with van der Waals surface area (Å²) in [5.41, 5.74) is 2.56. The van der Waals surface area contributed by atoms with Crippen molar-refractivity contribution in [1.82, 2.24) is 10.2 Å². The maximum Gasteiger partial charge on any atom is 0.264 e. The lowest BCUT2D eigenvalue weighted by Gasteiger charge is -2.32. The van der Waals surface area contributed by atoms with Crippen LogP contribution in [0.4, 0.5) is 5.69 Å². The highest BCUT2D eigenvalue weighted by Crippen LogP contribution is 2.30. The predicted octanol–water partition coefficient (Wildman–Crippen LogP) is 5.10. The van der Waals surface area contributed by atoms with E-state index in [1.165, 1.54) is 23.1 Å². The van der Waals surface area contributed by atoms with E-state index in [1.54, 1.807) is 69.5 Å². The molecule has 1 N–H and O–H groups in total. The minimum atomic E-state index is -4.18. The first-order valence-corrected chi connectivity index (χ1v) is 14.7. The average molecular weight is 586 g/mol. The van der Waals surface area contributed by atoms with E-state index >= 15 is 0 Å². The van der Waals surface area contributed by atoms with Gasteiger partial charge in [0.05, 0.1) is 17.7 Å². The number of sulfonamides is 1. The first kappa shape index (κ1) is 31.0. The summed E-state index contributed by atoms with van der Waals surface area (Å²) < 4.78 is 34.2. The van der Waals surface area contributed by atoms with Crippen LogP contribution in [0.25, 0.3) is 0 Å². The zero-order valence-corrected chi connectivity index (χ0v) is 25.2. The Morgan fingerprint density at radius 3 is 2.15 bits per heavy atom. The zero-order valence-electron chi connectivity index (χ0n) is 23.6. The van der Waals surface area contributed by atoms with Gasteiger partial charge in [-0.15, -0.1) is 0 Å². The number of rotatable bonds is 11. The van der Waals surface area contributed by atoms with Crippen molar-refractivity contribution in [3.8, 4) is 5.75 Å². The van der Waals surface area contributed by atoms with Gasteiger partial charge in [-0.05, 0) is 82.1 Å². The van der Waals surface area contributed by atoms with Crippen LogP contribution in [-0.2, 0) is 26.2 Å². The number of methoxy groups -OCH3 is 1. The van der Waals surface area contributed by atoms with Crippen LogP contribution >= 0.6 is 11.6 Å². The number of hydrogen-bond acceptors (Lipinski definition) is 5. The molecule has 0 aliphatic heterocycles. The van der Waals surface area contributed by atoms with Crippen LogP contribution in [0.3, 0.4) is 0 Å². The molecule has 8 nitrogen and oxygen atoms in total. The van der Waals surface area contributed by atoms with E-state index in [-0.39, 0.29) is 29.1 Å². The number of carbonyl (C=O) groups is 2. The number of anilines is 1. The van der Waals surface area contributed by atoms with Crippen molar-refractivity contribution in [2.75, 3.05) is 18.0 Å². The summed E-state index contributed by atoms with van der Waals surface area (Å²) in [5, 5.41) is 3.17. The van der Waals surface area contributed by atoms with Gasteiger partial charge in [0.15, 0.2) is 0 Å². The van der Waals surface area contributed by atoms with Crippen LogP contribution in [0.15, 0.2) is 71.6 Å². The molecule has 0 spiro atoms. The number of carbonyl (C=O) groups excluding carboxylic acids is 2. The molecule has 0 aromatic heterocycles. The van der Waals surface area contributed by atoms with E-state index in [0.717, 1.165) is 15.4 Å². The van der Waals surface area contributed by atoms with Crippen LogP contribution in [-0.4, -0.2) is 50.9 Å². The van der Waals surface area contributed by atoms with Crippen LogP contribution in [0, 0.1) is 13.8 Å². The lowest BCUT2D eigenvalue weighted by atomic mass is 10.1. The fourth-order valence-corrected chi connectivity index (χ4v) is 5.75. The fraction of sp³-hybridized carbons (Fsp3) is 0.333. The molecule has 0 bridgehead atoms. The third-order valence-electron chi connectivity index (χ3n) is 6.44. The van der Waals surface area contributed by atoms with E-state index in [9.17, 15) is 18.0 Å². The summed E-state index contributed by atoms with van der Waals surface area (Å²) in [6.07, 6.45) is 0. The van der Waals surface area contributed by atoms with E-state index in [2.05, 4.69) is 5.32 Å². The molecule has 0 aliphatic carbocycles. The molecule has 10 heteroatoms. The highest BCUT2D eigenvalue weighted by molar-refractivity contribution is 7.92. The Labute approximate surface area is 241 Å². The molecular weight excluding hydrogens is 550 g/mol. The molecule has 3 aromatic carbocycles. The molecule has 0 saturated carbocycles. The molecule has 0 radical (unpaired) electrons. The second kappa shape index (κ2) is 13.2. The third-order valence-corrected chi connectivity index (χ3v) is 8.45. The van der Waals surface area contributed by atoms with E-state index in [0.29, 0.717) is 16.3 Å². The zero-order chi connectivity index (χ0) is 29.6. The van der Waals surface area contributed by atoms with Gasteiger partial charge >= 0.3 is 0 Å². The standard InChI is InChI=1S/C30H36ClN3O5S/c1-20(2)32-30(36)23(5)33(18-24-10-13-26(39-6)14-11-24)29(35)19-34(28-17-25(31)12-9-22(28)4)40(37,38)27-15-7-21(3)8-16-27/h7-17,20,23H,18-19H2,1-6H3,(H,32,36)/t23-/m1/s1. The van der Waals surface area contributed by atoms with Crippen molar-refractivity contribution in [2.24, 2.45) is 0 Å². The molecule has 0 aliphatic rings. The molecule has 0 unspecified atom stereocenters. The number of halogens is 1. The van der Waals surface area contributed by atoms with E-state index in [4.69, 9.17) is 16.3 Å². The van der Waals surface area contributed by atoms with Gasteiger partial charge in [0.2, 0.25) is 11.8 Å². The highest BCUT2D eigenvalue weighted by Gasteiger charge is 2.33. The lowest BCUT2D eigenvalue weighted by Crippen LogP contribution is -2.52. The van der Waals surface area contributed by atoms with Crippen LogP contribution in [0.5, 0.6) is 5.75 Å². The van der Waals surface area contributed by atoms with Crippen molar-refractivity contribution in [3.05, 3.63) is 88.4 Å². The van der Waals surface area contributed by atoms with Crippen molar-refractivity contribution >= 4 is 39.1 Å². The maximum atomic E-state index is 14.0. The van der Waals surface area contributed by atoms with Gasteiger partial charge in [0, 0.05) is 17.6 Å². The Morgan fingerprint density at radius 2 is 1.57 bits per heavy atom. The largest absolute Gasteiger partial charge is 0.497 e. The van der Waals surface area contributed by atoms with E-state index in [1.807, 2.05) is 20.8 Å². The lowest BCUT2D eigenvalue weighted by molar-refractivity contribution is -0.139. The molecule has 0 saturated heterocycles. The molecule has 40 heavy (non-hydrogen) atoms. The van der Waals surface area contributed by atoms with Gasteiger partial charge in [-0.2, -0.15) is 0 Å². The maximum absolute atomic E-state index is 14.0. The molecular formula is C30H36ClN3O5S. The predicted molar refractivity (Wildman–Crippen MR) is 158 cm³/mol. The number of ether oxygens (including phenoxy) is 1. The van der Waals surface area contributed by atoms with Crippen molar-refractivity contribution in [2.45, 2.75) is 58.1 Å². The molecule has 2 amide bonds. The number of hydrogen-bond donors (Lipinski definition) is 1. The summed E-state index contributed by atoms with van der Waals surface area (Å²) in [4.78, 5) is 28.4. The minimum absolute atomic E-state index is 0.0394. The number of amides is 2. The quantitative estimate of drug-likeness (QED) is 0.338. The Morgan fingerprint density at radius 1 is 0.950 bits per heavy atom. The Balaban J connectivity index is 2.06. The van der Waals surface area contributed by atoms with Crippen molar-refractivity contribution < 1.29 is 22.7 Å².